The second-order valence-electron chi connectivity index (χ2n) is 6.08. The molecule has 5 heteroatoms. The molecule has 3 rings (SSSR count). The molecule has 0 aromatic heterocycles. The highest BCUT2D eigenvalue weighted by molar-refractivity contribution is 6.56. The van der Waals surface area contributed by atoms with Gasteiger partial charge in [-0.3, -0.25) is 0 Å². The molecule has 0 N–H and O–H groups in total. The lowest BCUT2D eigenvalue weighted by molar-refractivity contribution is 0.0523. The number of rotatable bonds is 9. The van der Waals surface area contributed by atoms with Crippen molar-refractivity contribution >= 4 is 9.05 Å². The summed E-state index contributed by atoms with van der Waals surface area (Å²) in [6, 6.07) is 28.4. The lowest BCUT2D eigenvalue weighted by atomic mass is 10.3. The molecule has 0 saturated heterocycles. The van der Waals surface area contributed by atoms with E-state index in [-0.39, 0.29) is 6.10 Å². The molecule has 4 nitrogen and oxygen atoms in total. The van der Waals surface area contributed by atoms with E-state index in [1.165, 1.54) is 0 Å². The van der Waals surface area contributed by atoms with Gasteiger partial charge in [-0.15, -0.1) is 0 Å². The molecule has 0 amide bonds. The van der Waals surface area contributed by atoms with Crippen molar-refractivity contribution in [3.63, 3.8) is 0 Å². The Morgan fingerprint density at radius 1 is 0.630 bits per heavy atom. The number of benzene rings is 3. The smallest absolute Gasteiger partial charge is 0.462 e. The molecular weight excluding hydrogens is 356 g/mol. The highest BCUT2D eigenvalue weighted by Gasteiger charge is 2.56. The summed E-state index contributed by atoms with van der Waals surface area (Å²) in [7, 11) is -3.60. The first kappa shape index (κ1) is 19.0. The predicted molar refractivity (Wildman–Crippen MR) is 108 cm³/mol. The summed E-state index contributed by atoms with van der Waals surface area (Å²) in [6.07, 6.45) is 0.719. The molecule has 1 atom stereocenters. The van der Waals surface area contributed by atoms with Crippen LogP contribution in [0.5, 0.6) is 17.2 Å². The van der Waals surface area contributed by atoms with Crippen LogP contribution in [0.4, 0.5) is 0 Å². The monoisotopic (exact) mass is 380 g/mol. The first-order chi connectivity index (χ1) is 13.2. The van der Waals surface area contributed by atoms with E-state index in [9.17, 15) is 0 Å². The molecule has 0 aliphatic heterocycles. The Labute approximate surface area is 161 Å². The SMILES string of the molecule is CCC(C)O[Si](Oc1ccccc1)(Oc1ccccc1)Oc1ccccc1. The maximum absolute atomic E-state index is 6.27. The van der Waals surface area contributed by atoms with E-state index >= 15 is 0 Å². The summed E-state index contributed by atoms with van der Waals surface area (Å²) >= 11 is 0. The lowest BCUT2D eigenvalue weighted by Gasteiger charge is -2.30. The van der Waals surface area contributed by atoms with Crippen molar-refractivity contribution in [3.8, 4) is 17.2 Å². The molecule has 0 fully saturated rings. The Morgan fingerprint density at radius 2 is 0.963 bits per heavy atom. The van der Waals surface area contributed by atoms with E-state index in [1.54, 1.807) is 0 Å². The predicted octanol–water partition coefficient (Wildman–Crippen LogP) is 5.47. The van der Waals surface area contributed by atoms with E-state index in [1.807, 2.05) is 97.9 Å². The zero-order valence-electron chi connectivity index (χ0n) is 15.6. The molecular formula is C22H24O4Si. The fourth-order valence-corrected chi connectivity index (χ4v) is 4.57. The summed E-state index contributed by atoms with van der Waals surface area (Å²) in [6.45, 7) is 4.04. The highest BCUT2D eigenvalue weighted by Crippen LogP contribution is 2.26. The zero-order chi connectivity index (χ0) is 19.0. The molecule has 0 spiro atoms. The van der Waals surface area contributed by atoms with Crippen molar-refractivity contribution in [2.45, 2.75) is 26.4 Å². The van der Waals surface area contributed by atoms with E-state index < -0.39 is 9.05 Å². The largest absolute Gasteiger partial charge is 0.893 e. The van der Waals surface area contributed by atoms with E-state index in [4.69, 9.17) is 17.7 Å². The van der Waals surface area contributed by atoms with Gasteiger partial charge in [0.25, 0.3) is 0 Å². The van der Waals surface area contributed by atoms with Crippen molar-refractivity contribution in [1.29, 1.82) is 0 Å². The fraction of sp³-hybridized carbons (Fsp3) is 0.182. The number of para-hydroxylation sites is 3. The summed E-state index contributed by atoms with van der Waals surface area (Å²) < 4.78 is 25.0. The molecule has 0 heterocycles. The molecule has 140 valence electrons. The summed E-state index contributed by atoms with van der Waals surface area (Å²) in [5.41, 5.74) is 0. The summed E-state index contributed by atoms with van der Waals surface area (Å²) in [5.74, 6) is 1.91. The van der Waals surface area contributed by atoms with Gasteiger partial charge < -0.3 is 17.7 Å². The third kappa shape index (κ3) is 5.61. The molecule has 27 heavy (non-hydrogen) atoms. The van der Waals surface area contributed by atoms with Crippen LogP contribution in [-0.4, -0.2) is 15.2 Å². The fourth-order valence-electron chi connectivity index (χ4n) is 2.36. The third-order valence-corrected chi connectivity index (χ3v) is 6.03. The Kier molecular flexibility index (Phi) is 6.52. The van der Waals surface area contributed by atoms with Gasteiger partial charge in [-0.25, -0.2) is 0 Å². The standard InChI is InChI=1S/C22H24O4Si/c1-3-19(2)23-27(24-20-13-7-4-8-14-20,25-21-15-9-5-10-16-21)26-22-17-11-6-12-18-22/h4-19H,3H2,1-2H3. The molecule has 3 aromatic rings. The van der Waals surface area contributed by atoms with Gasteiger partial charge in [-0.1, -0.05) is 61.5 Å². The zero-order valence-corrected chi connectivity index (χ0v) is 16.6. The Morgan fingerprint density at radius 3 is 1.26 bits per heavy atom. The number of hydrogen-bond acceptors (Lipinski definition) is 4. The quantitative estimate of drug-likeness (QED) is 0.461. The first-order valence-corrected chi connectivity index (χ1v) is 10.7. The summed E-state index contributed by atoms with van der Waals surface area (Å²) in [5, 5.41) is 0. The van der Waals surface area contributed by atoms with Gasteiger partial charge in [-0.05, 0) is 49.7 Å². The van der Waals surface area contributed by atoms with Crippen LogP contribution >= 0.6 is 0 Å². The van der Waals surface area contributed by atoms with Crippen molar-refractivity contribution < 1.29 is 17.7 Å². The van der Waals surface area contributed by atoms with Crippen LogP contribution in [0, 0.1) is 0 Å². The van der Waals surface area contributed by atoms with Gasteiger partial charge in [0, 0.05) is 0 Å². The normalized spacial score (nSPS) is 12.2. The second kappa shape index (κ2) is 9.25. The third-order valence-electron chi connectivity index (χ3n) is 3.88. The average molecular weight is 381 g/mol. The van der Waals surface area contributed by atoms with Gasteiger partial charge >= 0.3 is 9.05 Å². The van der Waals surface area contributed by atoms with Crippen LogP contribution in [-0.2, 0) is 4.43 Å². The molecule has 0 radical (unpaired) electrons. The highest BCUT2D eigenvalue weighted by atomic mass is 28.4. The van der Waals surface area contributed by atoms with Gasteiger partial charge in [-0.2, -0.15) is 0 Å². The van der Waals surface area contributed by atoms with Crippen molar-refractivity contribution in [2.75, 3.05) is 0 Å². The van der Waals surface area contributed by atoms with Crippen LogP contribution < -0.4 is 13.3 Å². The van der Waals surface area contributed by atoms with E-state index in [2.05, 4.69) is 6.92 Å². The minimum atomic E-state index is -3.60. The average Bonchev–Trinajstić information content (AvgIpc) is 2.70. The minimum Gasteiger partial charge on any atom is -0.462 e. The van der Waals surface area contributed by atoms with Crippen LogP contribution in [0.3, 0.4) is 0 Å². The van der Waals surface area contributed by atoms with Crippen LogP contribution in [0.25, 0.3) is 0 Å². The van der Waals surface area contributed by atoms with Gasteiger partial charge in [0.2, 0.25) is 0 Å². The molecule has 3 aromatic carbocycles. The van der Waals surface area contributed by atoms with Crippen LogP contribution in [0.2, 0.25) is 0 Å². The van der Waals surface area contributed by atoms with Gasteiger partial charge in [0.15, 0.2) is 0 Å². The Balaban J connectivity index is 1.98. The first-order valence-electron chi connectivity index (χ1n) is 9.09. The van der Waals surface area contributed by atoms with Gasteiger partial charge in [0.1, 0.15) is 17.2 Å². The molecule has 0 bridgehead atoms. The Hall–Kier alpha value is -2.76. The van der Waals surface area contributed by atoms with Crippen LogP contribution in [0.15, 0.2) is 91.0 Å². The molecule has 0 saturated carbocycles. The minimum absolute atomic E-state index is 0.0900. The molecule has 0 aliphatic carbocycles. The lowest BCUT2D eigenvalue weighted by Crippen LogP contribution is -2.59. The van der Waals surface area contributed by atoms with Crippen molar-refractivity contribution in [2.24, 2.45) is 0 Å². The van der Waals surface area contributed by atoms with E-state index in [0.29, 0.717) is 17.2 Å². The van der Waals surface area contributed by atoms with Crippen molar-refractivity contribution in [1.82, 2.24) is 0 Å². The molecule has 0 aliphatic rings. The van der Waals surface area contributed by atoms with Crippen LogP contribution in [0.1, 0.15) is 20.3 Å². The summed E-state index contributed by atoms with van der Waals surface area (Å²) in [4.78, 5) is 0. The maximum Gasteiger partial charge on any atom is 0.893 e. The number of hydrogen-bond donors (Lipinski definition) is 0. The second-order valence-corrected chi connectivity index (χ2v) is 7.93. The Bertz CT molecular complexity index is 695. The van der Waals surface area contributed by atoms with Crippen molar-refractivity contribution in [3.05, 3.63) is 91.0 Å². The van der Waals surface area contributed by atoms with Gasteiger partial charge in [0.05, 0.1) is 6.10 Å². The maximum atomic E-state index is 6.27. The molecule has 1 unspecified atom stereocenters. The van der Waals surface area contributed by atoms with E-state index in [0.717, 1.165) is 6.42 Å². The topological polar surface area (TPSA) is 36.9 Å².